The Morgan fingerprint density at radius 3 is 2.90 bits per heavy atom. The van der Waals surface area contributed by atoms with Gasteiger partial charge in [0.1, 0.15) is 4.61 Å². The molecule has 0 fully saturated rings. The fraction of sp³-hybridized carbons (Fsp3) is 0.833. The van der Waals surface area contributed by atoms with Crippen LogP contribution in [0, 0.1) is 0 Å². The minimum absolute atomic E-state index is 0.317. The van der Waals surface area contributed by atoms with Crippen molar-refractivity contribution in [3.63, 3.8) is 0 Å². The molecule has 60 valence electrons. The highest BCUT2D eigenvalue weighted by Gasteiger charge is 1.96. The number of ether oxygens (including phenoxy) is 1. The highest BCUT2D eigenvalue weighted by molar-refractivity contribution is 14.1. The smallest absolute Gasteiger partial charge is 0.407 e. The van der Waals surface area contributed by atoms with Crippen molar-refractivity contribution in [2.75, 3.05) is 11.2 Å². The molecule has 0 bridgehead atoms. The fourth-order valence-corrected chi connectivity index (χ4v) is 0.751. The van der Waals surface area contributed by atoms with Crippen molar-refractivity contribution in [3.05, 3.63) is 0 Å². The van der Waals surface area contributed by atoms with Crippen LogP contribution in [0.25, 0.3) is 0 Å². The molecule has 0 aromatic carbocycles. The Labute approximate surface area is 74.7 Å². The predicted octanol–water partition coefficient (Wildman–Crippen LogP) is 1.91. The van der Waals surface area contributed by atoms with Crippen LogP contribution in [0.1, 0.15) is 19.8 Å². The fourth-order valence-electron chi connectivity index (χ4n) is 0.468. The van der Waals surface area contributed by atoms with Crippen LogP contribution in [0.2, 0.25) is 0 Å². The molecule has 0 aliphatic heterocycles. The summed E-state index contributed by atoms with van der Waals surface area (Å²) in [6.07, 6.45) is 1.78. The maximum Gasteiger partial charge on any atom is 0.407 e. The summed E-state index contributed by atoms with van der Waals surface area (Å²) in [6, 6.07) is 0. The lowest BCUT2D eigenvalue weighted by Crippen LogP contribution is -2.24. The molecule has 0 aliphatic carbocycles. The van der Waals surface area contributed by atoms with Crippen LogP contribution in [0.15, 0.2) is 0 Å². The van der Waals surface area contributed by atoms with Crippen molar-refractivity contribution < 1.29 is 9.53 Å². The van der Waals surface area contributed by atoms with Gasteiger partial charge in [-0.3, -0.25) is 0 Å². The first kappa shape index (κ1) is 10.0. The Kier molecular flexibility index (Phi) is 7.11. The highest BCUT2D eigenvalue weighted by atomic mass is 127. The van der Waals surface area contributed by atoms with Crippen LogP contribution < -0.4 is 5.32 Å². The van der Waals surface area contributed by atoms with Crippen molar-refractivity contribution in [1.82, 2.24) is 5.32 Å². The monoisotopic (exact) mass is 257 g/mol. The molecule has 0 spiro atoms. The number of unbranched alkanes of at least 4 members (excludes halogenated alkanes) is 1. The zero-order chi connectivity index (χ0) is 7.82. The van der Waals surface area contributed by atoms with Gasteiger partial charge >= 0.3 is 6.09 Å². The second-order valence-electron chi connectivity index (χ2n) is 1.82. The number of alkyl carbamates (subject to hydrolysis) is 1. The lowest BCUT2D eigenvalue weighted by atomic mass is 10.3. The van der Waals surface area contributed by atoms with Gasteiger partial charge in [0, 0.05) is 6.54 Å². The lowest BCUT2D eigenvalue weighted by Gasteiger charge is -2.01. The third-order valence-electron chi connectivity index (χ3n) is 0.985. The maximum absolute atomic E-state index is 10.6. The topological polar surface area (TPSA) is 38.3 Å². The van der Waals surface area contributed by atoms with Gasteiger partial charge in [0.15, 0.2) is 0 Å². The Hall–Kier alpha value is 0. The van der Waals surface area contributed by atoms with Crippen LogP contribution in [0.5, 0.6) is 0 Å². The molecule has 1 amide bonds. The highest BCUT2D eigenvalue weighted by Crippen LogP contribution is 1.86. The summed E-state index contributed by atoms with van der Waals surface area (Å²) in [7, 11) is 0. The third kappa shape index (κ3) is 6.12. The molecule has 4 heteroatoms. The second-order valence-corrected chi connectivity index (χ2v) is 2.44. The van der Waals surface area contributed by atoms with Crippen LogP contribution in [-0.2, 0) is 4.74 Å². The van der Waals surface area contributed by atoms with E-state index < -0.39 is 0 Å². The van der Waals surface area contributed by atoms with Crippen molar-refractivity contribution in [2.45, 2.75) is 19.8 Å². The molecule has 0 unspecified atom stereocenters. The molecule has 3 nitrogen and oxygen atoms in total. The minimum Gasteiger partial charge on any atom is -0.439 e. The Balaban J connectivity index is 3.05. The number of rotatable bonds is 4. The summed E-state index contributed by atoms with van der Waals surface area (Å²) in [4.78, 5) is 10.6. The molecule has 0 heterocycles. The summed E-state index contributed by atoms with van der Waals surface area (Å²) in [5.74, 6) is 0. The Morgan fingerprint density at radius 1 is 1.70 bits per heavy atom. The molecule has 0 aromatic heterocycles. The van der Waals surface area contributed by atoms with E-state index in [2.05, 4.69) is 17.0 Å². The molecule has 0 aromatic rings. The molecular formula is C6H12INO2. The normalized spacial score (nSPS) is 9.00. The lowest BCUT2D eigenvalue weighted by molar-refractivity contribution is 0.168. The van der Waals surface area contributed by atoms with E-state index in [1.54, 1.807) is 0 Å². The first-order chi connectivity index (χ1) is 4.81. The number of carbonyl (C=O) groups excluding carboxylic acids is 1. The number of nitrogens with one attached hydrogen (secondary N) is 1. The Morgan fingerprint density at radius 2 is 2.40 bits per heavy atom. The molecule has 0 saturated carbocycles. The first-order valence-electron chi connectivity index (χ1n) is 3.27. The van der Waals surface area contributed by atoms with Crippen molar-refractivity contribution in [3.8, 4) is 0 Å². The molecular weight excluding hydrogens is 245 g/mol. The van der Waals surface area contributed by atoms with E-state index in [4.69, 9.17) is 0 Å². The third-order valence-corrected chi connectivity index (χ3v) is 1.30. The van der Waals surface area contributed by atoms with E-state index >= 15 is 0 Å². The van der Waals surface area contributed by atoms with Gasteiger partial charge in [-0.15, -0.1) is 0 Å². The summed E-state index contributed by atoms with van der Waals surface area (Å²) in [5, 5.41) is 2.62. The summed E-state index contributed by atoms with van der Waals surface area (Å²) in [5.41, 5.74) is 0. The second kappa shape index (κ2) is 7.11. The molecule has 0 aliphatic rings. The van der Waals surface area contributed by atoms with E-state index in [0.29, 0.717) is 11.2 Å². The van der Waals surface area contributed by atoms with E-state index in [-0.39, 0.29) is 6.09 Å². The number of hydrogen-bond acceptors (Lipinski definition) is 2. The zero-order valence-corrected chi connectivity index (χ0v) is 8.18. The van der Waals surface area contributed by atoms with Gasteiger partial charge in [-0.25, -0.2) is 4.79 Å². The summed E-state index contributed by atoms with van der Waals surface area (Å²) >= 11 is 1.98. The van der Waals surface area contributed by atoms with E-state index in [1.165, 1.54) is 0 Å². The van der Waals surface area contributed by atoms with Crippen LogP contribution in [0.3, 0.4) is 0 Å². The largest absolute Gasteiger partial charge is 0.439 e. The number of hydrogen-bond donors (Lipinski definition) is 1. The van der Waals surface area contributed by atoms with Gasteiger partial charge in [0.05, 0.1) is 0 Å². The van der Waals surface area contributed by atoms with Gasteiger partial charge in [-0.2, -0.15) is 0 Å². The average Bonchev–Trinajstić information content (AvgIpc) is 1.89. The maximum atomic E-state index is 10.6. The molecule has 0 atom stereocenters. The SMILES string of the molecule is CCCCNC(=O)OCI. The average molecular weight is 257 g/mol. The van der Waals surface area contributed by atoms with Gasteiger partial charge < -0.3 is 10.1 Å². The number of alkyl halides is 1. The number of carbonyl (C=O) groups is 1. The Bertz CT molecular complexity index is 97.7. The summed E-state index contributed by atoms with van der Waals surface area (Å²) in [6.45, 7) is 2.79. The molecule has 1 N–H and O–H groups in total. The molecule has 0 saturated heterocycles. The molecule has 10 heavy (non-hydrogen) atoms. The zero-order valence-electron chi connectivity index (χ0n) is 6.02. The van der Waals surface area contributed by atoms with Crippen molar-refractivity contribution in [1.29, 1.82) is 0 Å². The van der Waals surface area contributed by atoms with Crippen LogP contribution in [0.4, 0.5) is 4.79 Å². The van der Waals surface area contributed by atoms with Gasteiger partial charge in [-0.1, -0.05) is 13.3 Å². The van der Waals surface area contributed by atoms with Crippen LogP contribution in [-0.4, -0.2) is 17.3 Å². The van der Waals surface area contributed by atoms with Gasteiger partial charge in [0.2, 0.25) is 0 Å². The van der Waals surface area contributed by atoms with Gasteiger partial charge in [-0.05, 0) is 29.0 Å². The predicted molar refractivity (Wildman–Crippen MR) is 48.3 cm³/mol. The van der Waals surface area contributed by atoms with Crippen LogP contribution >= 0.6 is 22.6 Å². The van der Waals surface area contributed by atoms with E-state index in [1.807, 2.05) is 22.6 Å². The van der Waals surface area contributed by atoms with E-state index in [0.717, 1.165) is 12.8 Å². The number of amides is 1. The quantitative estimate of drug-likeness (QED) is 0.474. The van der Waals surface area contributed by atoms with E-state index in [9.17, 15) is 4.79 Å². The minimum atomic E-state index is -0.317. The van der Waals surface area contributed by atoms with Gasteiger partial charge in [0.25, 0.3) is 0 Å². The van der Waals surface area contributed by atoms with Crippen molar-refractivity contribution in [2.24, 2.45) is 0 Å². The number of halogens is 1. The molecule has 0 radical (unpaired) electrons. The standard InChI is InChI=1S/C6H12INO2/c1-2-3-4-8-6(9)10-5-7/h2-5H2,1H3,(H,8,9). The first-order valence-corrected chi connectivity index (χ1v) is 4.80. The summed E-state index contributed by atoms with van der Waals surface area (Å²) < 4.78 is 5.04. The molecule has 0 rings (SSSR count). The van der Waals surface area contributed by atoms with Crippen molar-refractivity contribution >= 4 is 28.7 Å².